The van der Waals surface area contributed by atoms with Crippen LogP contribution >= 0.6 is 11.6 Å². The van der Waals surface area contributed by atoms with E-state index < -0.39 is 0 Å². The molecule has 1 aliphatic heterocycles. The van der Waals surface area contributed by atoms with Gasteiger partial charge in [-0.25, -0.2) is 4.99 Å². The minimum absolute atomic E-state index is 0. The molecule has 0 aliphatic carbocycles. The first-order chi connectivity index (χ1) is 9.14. The fraction of sp³-hybridized carbons (Fsp3) is 0.765. The van der Waals surface area contributed by atoms with Crippen LogP contribution in [0.1, 0.15) is 80.1 Å². The van der Waals surface area contributed by atoms with Crippen molar-refractivity contribution in [3.63, 3.8) is 0 Å². The summed E-state index contributed by atoms with van der Waals surface area (Å²) >= 11 is 5.55. The molecular formula is C17H34ClNSn. The molecular weight excluding hydrogens is 372 g/mol. The Morgan fingerprint density at radius 3 is 1.30 bits per heavy atom. The first-order valence-electron chi connectivity index (χ1n) is 7.73. The Morgan fingerprint density at radius 1 is 0.850 bits per heavy atom. The summed E-state index contributed by atoms with van der Waals surface area (Å²) in [6.07, 6.45) is 13.0. The van der Waals surface area contributed by atoms with Crippen LogP contribution in [0.3, 0.4) is 0 Å². The zero-order chi connectivity index (χ0) is 15.4. The molecule has 0 amide bonds. The minimum Gasteiger partial charge on any atom is -0.215 e. The molecule has 4 radical (unpaired) electrons. The number of hydrogen-bond acceptors (Lipinski definition) is 1. The molecule has 118 valence electrons. The Hall–Kier alpha value is 0.279. The van der Waals surface area contributed by atoms with E-state index in [9.17, 15) is 0 Å². The minimum atomic E-state index is -0.00231. The number of aliphatic imine (C=N–C) groups is 1. The second-order valence-electron chi connectivity index (χ2n) is 4.21. The summed E-state index contributed by atoms with van der Waals surface area (Å²) < 4.78 is 0. The van der Waals surface area contributed by atoms with Gasteiger partial charge in [-0.3, -0.25) is 0 Å². The van der Waals surface area contributed by atoms with Crippen molar-refractivity contribution in [2.24, 2.45) is 4.99 Å². The van der Waals surface area contributed by atoms with Gasteiger partial charge in [-0.15, -0.1) is 11.6 Å². The number of hydrogen-bond donors (Lipinski definition) is 0. The number of unbranched alkanes of at least 4 members (excludes halogenated alkanes) is 3. The van der Waals surface area contributed by atoms with Crippen LogP contribution in [0.2, 0.25) is 0 Å². The monoisotopic (exact) mass is 407 g/mol. The molecule has 20 heavy (non-hydrogen) atoms. The molecule has 0 saturated carbocycles. The molecule has 1 nitrogen and oxygen atoms in total. The van der Waals surface area contributed by atoms with E-state index in [1.807, 2.05) is 0 Å². The van der Waals surface area contributed by atoms with Crippen LogP contribution in [-0.4, -0.2) is 35.2 Å². The summed E-state index contributed by atoms with van der Waals surface area (Å²) in [4.78, 5) is 3.66. The molecule has 1 rings (SSSR count). The van der Waals surface area contributed by atoms with Crippen molar-refractivity contribution in [3.8, 4) is 0 Å². The van der Waals surface area contributed by atoms with Gasteiger partial charge >= 0.3 is 0 Å². The Kier molecular flexibility index (Phi) is 44.9. The third-order valence-electron chi connectivity index (χ3n) is 2.15. The van der Waals surface area contributed by atoms with E-state index in [1.165, 1.54) is 38.5 Å². The zero-order valence-corrected chi connectivity index (χ0v) is 18.0. The smallest absolute Gasteiger partial charge is 0.0803 e. The topological polar surface area (TPSA) is 12.4 Å². The van der Waals surface area contributed by atoms with Crippen molar-refractivity contribution in [3.05, 3.63) is 18.4 Å². The van der Waals surface area contributed by atoms with E-state index in [4.69, 9.17) is 11.6 Å². The van der Waals surface area contributed by atoms with Gasteiger partial charge in [-0.2, -0.15) is 0 Å². The van der Waals surface area contributed by atoms with E-state index in [2.05, 4.69) is 52.4 Å². The van der Waals surface area contributed by atoms with Crippen molar-refractivity contribution in [1.82, 2.24) is 0 Å². The van der Waals surface area contributed by atoms with Crippen molar-refractivity contribution in [2.45, 2.75) is 85.4 Å². The van der Waals surface area contributed by atoms with Crippen LogP contribution in [0, 0.1) is 0 Å². The summed E-state index contributed by atoms with van der Waals surface area (Å²) in [6, 6.07) is 0. The van der Waals surface area contributed by atoms with Gasteiger partial charge in [0.25, 0.3) is 0 Å². The molecule has 0 spiro atoms. The van der Waals surface area contributed by atoms with Gasteiger partial charge in [0.15, 0.2) is 0 Å². The number of allylic oxidation sites excluding steroid dienone is 2. The van der Waals surface area contributed by atoms with Crippen LogP contribution in [0.15, 0.2) is 23.3 Å². The van der Waals surface area contributed by atoms with Crippen LogP contribution in [-0.2, 0) is 0 Å². The van der Waals surface area contributed by atoms with Crippen LogP contribution < -0.4 is 0 Å². The molecule has 0 fully saturated rings. The van der Waals surface area contributed by atoms with E-state index >= 15 is 0 Å². The summed E-state index contributed by atoms with van der Waals surface area (Å²) in [7, 11) is 0. The second kappa shape index (κ2) is 31.6. The maximum Gasteiger partial charge on any atom is 0.0803 e. The van der Waals surface area contributed by atoms with Gasteiger partial charge < -0.3 is 0 Å². The SMILES string of the molecule is CCCC.CCCC.CCCC.ClC1C=C=NC=C1.[Sn]. The van der Waals surface area contributed by atoms with E-state index in [0.717, 1.165) is 0 Å². The third kappa shape index (κ3) is 42.9. The Balaban J connectivity index is -0.0000000881. The van der Waals surface area contributed by atoms with Gasteiger partial charge in [0.05, 0.1) is 5.38 Å². The Bertz CT molecular complexity index is 206. The summed E-state index contributed by atoms with van der Waals surface area (Å²) in [5, 5.41) is -0.00231. The predicted molar refractivity (Wildman–Crippen MR) is 98.3 cm³/mol. The number of nitrogens with zero attached hydrogens (tertiary/aromatic N) is 1. The zero-order valence-electron chi connectivity index (χ0n) is 14.4. The van der Waals surface area contributed by atoms with Crippen molar-refractivity contribution in [2.75, 3.05) is 0 Å². The molecule has 3 heteroatoms. The molecule has 1 unspecified atom stereocenters. The first-order valence-corrected chi connectivity index (χ1v) is 8.17. The molecule has 0 bridgehead atoms. The summed E-state index contributed by atoms with van der Waals surface area (Å²) in [6.45, 7) is 13.1. The van der Waals surface area contributed by atoms with Crippen molar-refractivity contribution in [1.29, 1.82) is 0 Å². The molecule has 1 heterocycles. The van der Waals surface area contributed by atoms with Gasteiger partial charge in [0.1, 0.15) is 0 Å². The molecule has 0 aromatic rings. The van der Waals surface area contributed by atoms with E-state index in [0.29, 0.717) is 0 Å². The van der Waals surface area contributed by atoms with Crippen molar-refractivity contribution >= 4 is 41.4 Å². The van der Waals surface area contributed by atoms with Crippen LogP contribution in [0.25, 0.3) is 0 Å². The number of halogens is 1. The van der Waals surface area contributed by atoms with Crippen LogP contribution in [0.4, 0.5) is 0 Å². The fourth-order valence-electron chi connectivity index (χ4n) is 0.338. The molecule has 0 aromatic heterocycles. The maximum absolute atomic E-state index is 5.55. The van der Waals surface area contributed by atoms with E-state index in [-0.39, 0.29) is 29.3 Å². The Labute approximate surface area is 149 Å². The molecule has 0 aromatic carbocycles. The number of alkyl halides is 1. The molecule has 1 atom stereocenters. The average Bonchev–Trinajstić information content (AvgIpc) is 2.48. The predicted octanol–water partition coefficient (Wildman–Crippen LogP) is 6.39. The Morgan fingerprint density at radius 2 is 1.20 bits per heavy atom. The first kappa shape index (κ1) is 28.4. The standard InChI is InChI=1S/C5H4ClN.3C4H10.Sn/c6-5-1-3-7-4-2-5;3*1-3-4-2;/h1-3,5H;3*3-4H2,1-2H3;. The van der Waals surface area contributed by atoms with Crippen molar-refractivity contribution < 1.29 is 0 Å². The quantitative estimate of drug-likeness (QED) is 0.381. The van der Waals surface area contributed by atoms with Crippen LogP contribution in [0.5, 0.6) is 0 Å². The molecule has 1 aliphatic rings. The largest absolute Gasteiger partial charge is 0.215 e. The third-order valence-corrected chi connectivity index (χ3v) is 2.42. The summed E-state index contributed by atoms with van der Waals surface area (Å²) in [5.74, 6) is 2.62. The molecule has 0 N–H and O–H groups in total. The van der Waals surface area contributed by atoms with Gasteiger partial charge in [0, 0.05) is 30.1 Å². The summed E-state index contributed by atoms with van der Waals surface area (Å²) in [5.41, 5.74) is 0. The maximum atomic E-state index is 5.55. The average molecular weight is 407 g/mol. The van der Waals surface area contributed by atoms with E-state index in [1.54, 1.807) is 18.4 Å². The molecule has 0 saturated heterocycles. The normalized spacial score (nSPS) is 13.7. The van der Waals surface area contributed by atoms with Gasteiger partial charge in [0.2, 0.25) is 0 Å². The second-order valence-corrected chi connectivity index (χ2v) is 4.71. The van der Waals surface area contributed by atoms with Gasteiger partial charge in [-0.1, -0.05) is 80.1 Å². The van der Waals surface area contributed by atoms with Gasteiger partial charge in [-0.05, 0) is 18.0 Å². The fourth-order valence-corrected chi connectivity index (χ4v) is 0.459. The number of rotatable bonds is 3.